The molecule has 0 amide bonds. The zero-order valence-electron chi connectivity index (χ0n) is 15.0. The van der Waals surface area contributed by atoms with Gasteiger partial charge < -0.3 is 19.5 Å². The van der Waals surface area contributed by atoms with Crippen molar-refractivity contribution >= 4 is 11.7 Å². The number of anilines is 1. The third-order valence-corrected chi connectivity index (χ3v) is 5.36. The number of carbonyl (C=O) groups is 1. The minimum Gasteiger partial charge on any atom is -0.497 e. The smallest absolute Gasteiger partial charge is 0.337 e. The molecule has 0 bridgehead atoms. The van der Waals surface area contributed by atoms with Crippen LogP contribution in [0.15, 0.2) is 42.5 Å². The Balaban J connectivity index is 1.69. The summed E-state index contributed by atoms with van der Waals surface area (Å²) in [6.45, 7) is 0.784. The molecule has 4 rings (SSSR count). The topological polar surface area (TPSA) is 56.8 Å². The third-order valence-electron chi connectivity index (χ3n) is 5.36. The van der Waals surface area contributed by atoms with E-state index in [1.54, 1.807) is 7.11 Å². The number of hydrogen-bond donors (Lipinski definition) is 1. The van der Waals surface area contributed by atoms with Crippen LogP contribution in [0.5, 0.6) is 5.75 Å². The zero-order chi connectivity index (χ0) is 18.1. The molecule has 136 valence electrons. The van der Waals surface area contributed by atoms with Gasteiger partial charge in [-0.05, 0) is 48.7 Å². The molecule has 26 heavy (non-hydrogen) atoms. The summed E-state index contributed by atoms with van der Waals surface area (Å²) in [4.78, 5) is 11.7. The number of hydrogen-bond acceptors (Lipinski definition) is 5. The van der Waals surface area contributed by atoms with Gasteiger partial charge in [0.25, 0.3) is 0 Å². The molecule has 2 aromatic rings. The Bertz CT molecular complexity index is 802. The fraction of sp³-hybridized carbons (Fsp3) is 0.381. The van der Waals surface area contributed by atoms with Gasteiger partial charge in [0.2, 0.25) is 0 Å². The summed E-state index contributed by atoms with van der Waals surface area (Å²) in [5.74, 6) is 0.871. The fourth-order valence-corrected chi connectivity index (χ4v) is 4.05. The van der Waals surface area contributed by atoms with Gasteiger partial charge in [-0.1, -0.05) is 12.1 Å². The molecule has 5 heteroatoms. The van der Waals surface area contributed by atoms with E-state index in [9.17, 15) is 4.79 Å². The molecule has 0 radical (unpaired) electrons. The van der Waals surface area contributed by atoms with Crippen molar-refractivity contribution in [2.75, 3.05) is 26.1 Å². The quantitative estimate of drug-likeness (QED) is 0.842. The largest absolute Gasteiger partial charge is 0.497 e. The van der Waals surface area contributed by atoms with Crippen molar-refractivity contribution in [3.8, 4) is 5.75 Å². The molecule has 2 heterocycles. The Morgan fingerprint density at radius 2 is 1.96 bits per heavy atom. The van der Waals surface area contributed by atoms with Crippen molar-refractivity contribution in [3.05, 3.63) is 59.2 Å². The van der Waals surface area contributed by atoms with Crippen LogP contribution in [0.25, 0.3) is 0 Å². The van der Waals surface area contributed by atoms with Crippen LogP contribution in [-0.4, -0.2) is 26.8 Å². The van der Waals surface area contributed by atoms with Crippen molar-refractivity contribution < 1.29 is 19.0 Å². The molecule has 1 fully saturated rings. The number of fused-ring (bicyclic) bond motifs is 3. The number of rotatable bonds is 3. The van der Waals surface area contributed by atoms with E-state index in [2.05, 4.69) is 17.4 Å². The second-order valence-corrected chi connectivity index (χ2v) is 6.79. The molecule has 0 unspecified atom stereocenters. The monoisotopic (exact) mass is 353 g/mol. The maximum absolute atomic E-state index is 11.7. The Hall–Kier alpha value is -2.53. The van der Waals surface area contributed by atoms with Crippen LogP contribution in [0.2, 0.25) is 0 Å². The standard InChI is InChI=1S/C21H23NO4/c1-24-15-9-10-18-17(12-15)20-16(4-3-11-26-20)19(22-18)13-5-7-14(8-6-13)21(23)25-2/h5-10,12,16,19-20,22H,3-4,11H2,1-2H3/t16-,19+,20-/m0/s1. The van der Waals surface area contributed by atoms with Crippen LogP contribution in [-0.2, 0) is 9.47 Å². The van der Waals surface area contributed by atoms with Gasteiger partial charge in [-0.15, -0.1) is 0 Å². The van der Waals surface area contributed by atoms with Crippen molar-refractivity contribution in [2.45, 2.75) is 25.0 Å². The summed E-state index contributed by atoms with van der Waals surface area (Å²) >= 11 is 0. The lowest BCUT2D eigenvalue weighted by Crippen LogP contribution is -2.36. The normalized spacial score (nSPS) is 24.0. The summed E-state index contributed by atoms with van der Waals surface area (Å²) in [7, 11) is 3.08. The first kappa shape index (κ1) is 16.9. The average Bonchev–Trinajstić information content (AvgIpc) is 2.72. The molecular weight excluding hydrogens is 330 g/mol. The highest BCUT2D eigenvalue weighted by molar-refractivity contribution is 5.89. The highest BCUT2D eigenvalue weighted by Crippen LogP contribution is 2.49. The van der Waals surface area contributed by atoms with Gasteiger partial charge in [-0.2, -0.15) is 0 Å². The molecule has 3 atom stereocenters. The average molecular weight is 353 g/mol. The van der Waals surface area contributed by atoms with Crippen molar-refractivity contribution in [3.63, 3.8) is 0 Å². The second-order valence-electron chi connectivity index (χ2n) is 6.79. The molecule has 2 aromatic carbocycles. The lowest BCUT2D eigenvalue weighted by atomic mass is 9.77. The van der Waals surface area contributed by atoms with Gasteiger partial charge >= 0.3 is 5.97 Å². The van der Waals surface area contributed by atoms with Crippen LogP contribution in [0, 0.1) is 5.92 Å². The molecule has 1 N–H and O–H groups in total. The van der Waals surface area contributed by atoms with Gasteiger partial charge in [0.15, 0.2) is 0 Å². The molecule has 2 aliphatic rings. The van der Waals surface area contributed by atoms with E-state index in [1.807, 2.05) is 30.3 Å². The SMILES string of the molecule is COC(=O)c1ccc([C@H]2Nc3ccc(OC)cc3[C@H]3OCCC[C@@H]23)cc1. The number of carbonyl (C=O) groups excluding carboxylic acids is 1. The minimum atomic E-state index is -0.315. The summed E-state index contributed by atoms with van der Waals surface area (Å²) in [6.07, 6.45) is 2.21. The van der Waals surface area contributed by atoms with Crippen LogP contribution in [0.1, 0.15) is 46.5 Å². The van der Waals surface area contributed by atoms with E-state index in [0.29, 0.717) is 11.5 Å². The molecular formula is C21H23NO4. The van der Waals surface area contributed by atoms with E-state index < -0.39 is 0 Å². The van der Waals surface area contributed by atoms with Gasteiger partial charge in [0.1, 0.15) is 5.75 Å². The Morgan fingerprint density at radius 1 is 1.15 bits per heavy atom. The Morgan fingerprint density at radius 3 is 2.69 bits per heavy atom. The van der Waals surface area contributed by atoms with E-state index in [-0.39, 0.29) is 18.1 Å². The summed E-state index contributed by atoms with van der Waals surface area (Å²) in [5.41, 5.74) is 3.96. The Kier molecular flexibility index (Phi) is 4.55. The molecule has 2 aliphatic heterocycles. The fourth-order valence-electron chi connectivity index (χ4n) is 4.05. The first-order valence-electron chi connectivity index (χ1n) is 8.95. The molecule has 0 spiro atoms. The maximum Gasteiger partial charge on any atom is 0.337 e. The predicted octanol–water partition coefficient (Wildman–Crippen LogP) is 4.12. The van der Waals surface area contributed by atoms with Gasteiger partial charge in [0.05, 0.1) is 31.9 Å². The first-order valence-corrected chi connectivity index (χ1v) is 8.95. The van der Waals surface area contributed by atoms with E-state index >= 15 is 0 Å². The lowest BCUT2D eigenvalue weighted by Gasteiger charge is -2.43. The number of esters is 1. The molecule has 0 aromatic heterocycles. The van der Waals surface area contributed by atoms with Crippen molar-refractivity contribution in [2.24, 2.45) is 5.92 Å². The summed E-state index contributed by atoms with van der Waals surface area (Å²) < 4.78 is 16.3. The van der Waals surface area contributed by atoms with Crippen LogP contribution < -0.4 is 10.1 Å². The van der Waals surface area contributed by atoms with Gasteiger partial charge in [0, 0.05) is 23.8 Å². The van der Waals surface area contributed by atoms with Crippen molar-refractivity contribution in [1.29, 1.82) is 0 Å². The third kappa shape index (κ3) is 2.92. The molecule has 5 nitrogen and oxygen atoms in total. The molecule has 1 saturated heterocycles. The summed E-state index contributed by atoms with van der Waals surface area (Å²) in [5, 5.41) is 3.67. The first-order chi connectivity index (χ1) is 12.7. The second kappa shape index (κ2) is 7.00. The van der Waals surface area contributed by atoms with E-state index in [4.69, 9.17) is 14.2 Å². The van der Waals surface area contributed by atoms with Gasteiger partial charge in [-0.25, -0.2) is 4.79 Å². The molecule has 0 saturated carbocycles. The van der Waals surface area contributed by atoms with E-state index in [1.165, 1.54) is 7.11 Å². The van der Waals surface area contributed by atoms with Gasteiger partial charge in [-0.3, -0.25) is 0 Å². The van der Waals surface area contributed by atoms with Crippen LogP contribution in [0.4, 0.5) is 5.69 Å². The lowest BCUT2D eigenvalue weighted by molar-refractivity contribution is -0.0382. The summed E-state index contributed by atoms with van der Waals surface area (Å²) in [6, 6.07) is 13.9. The highest BCUT2D eigenvalue weighted by Gasteiger charge is 2.40. The maximum atomic E-state index is 11.7. The minimum absolute atomic E-state index is 0.0559. The highest BCUT2D eigenvalue weighted by atomic mass is 16.5. The predicted molar refractivity (Wildman–Crippen MR) is 98.6 cm³/mol. The number of ether oxygens (including phenoxy) is 3. The van der Waals surface area contributed by atoms with Crippen LogP contribution >= 0.6 is 0 Å². The van der Waals surface area contributed by atoms with E-state index in [0.717, 1.165) is 42.0 Å². The number of benzene rings is 2. The van der Waals surface area contributed by atoms with Crippen molar-refractivity contribution in [1.82, 2.24) is 0 Å². The zero-order valence-corrected chi connectivity index (χ0v) is 15.0. The molecule has 0 aliphatic carbocycles. The Labute approximate surface area is 153 Å². The van der Waals surface area contributed by atoms with Crippen LogP contribution in [0.3, 0.4) is 0 Å². The number of methoxy groups -OCH3 is 2. The number of nitrogens with one attached hydrogen (secondary N) is 1.